The molecule has 0 unspecified atom stereocenters. The molecular weight excluding hydrogens is 429 g/mol. The number of thiophene rings is 1. The number of anilines is 1. The van der Waals surface area contributed by atoms with Crippen molar-refractivity contribution in [3.63, 3.8) is 0 Å². The highest BCUT2D eigenvalue weighted by Gasteiger charge is 2.32. The third-order valence-electron chi connectivity index (χ3n) is 5.17. The summed E-state index contributed by atoms with van der Waals surface area (Å²) in [5.74, 6) is -0.0596. The van der Waals surface area contributed by atoms with Crippen LogP contribution in [0.2, 0.25) is 0 Å². The van der Waals surface area contributed by atoms with Crippen molar-refractivity contribution in [2.24, 2.45) is 5.92 Å². The number of hydrogen-bond acceptors (Lipinski definition) is 5. The van der Waals surface area contributed by atoms with E-state index in [4.69, 9.17) is 0 Å². The molecule has 0 aliphatic carbocycles. The van der Waals surface area contributed by atoms with Crippen LogP contribution in [-0.4, -0.2) is 53.9 Å². The number of carbonyl (C=O) groups is 2. The maximum absolute atomic E-state index is 13.2. The standard InChI is InChI=1S/C21H25F3N4O2S/c1-14(2)18(26-19(29)16-5-3-12-31-16)20(30)28-9-4-8-27(10-11-28)17-7-6-15(13-25-17)21(22,23)24/h3,5-7,12-14,18H,4,8-11H2,1-2H3,(H,26,29)/t18-/m1/s1. The lowest BCUT2D eigenvalue weighted by molar-refractivity contribution is -0.138. The second-order valence-corrected chi connectivity index (χ2v) is 8.69. The minimum Gasteiger partial charge on any atom is -0.355 e. The van der Waals surface area contributed by atoms with Crippen molar-refractivity contribution in [2.75, 3.05) is 31.1 Å². The van der Waals surface area contributed by atoms with Crippen LogP contribution in [0.3, 0.4) is 0 Å². The number of hydrogen-bond donors (Lipinski definition) is 1. The molecule has 1 N–H and O–H groups in total. The van der Waals surface area contributed by atoms with Crippen LogP contribution in [0.25, 0.3) is 0 Å². The lowest BCUT2D eigenvalue weighted by atomic mass is 10.0. The summed E-state index contributed by atoms with van der Waals surface area (Å²) < 4.78 is 38.3. The highest BCUT2D eigenvalue weighted by molar-refractivity contribution is 7.12. The Balaban J connectivity index is 1.64. The fourth-order valence-corrected chi connectivity index (χ4v) is 4.06. The van der Waals surface area contributed by atoms with Gasteiger partial charge in [0.05, 0.1) is 10.4 Å². The molecule has 0 saturated carbocycles. The summed E-state index contributed by atoms with van der Waals surface area (Å²) in [6.45, 7) is 5.71. The Bertz CT molecular complexity index is 885. The van der Waals surface area contributed by atoms with E-state index in [0.717, 1.165) is 12.3 Å². The van der Waals surface area contributed by atoms with Crippen LogP contribution in [0, 0.1) is 5.92 Å². The summed E-state index contributed by atoms with van der Waals surface area (Å²) in [6.07, 6.45) is -2.94. The molecule has 3 rings (SSSR count). The van der Waals surface area contributed by atoms with Gasteiger partial charge in [-0.15, -0.1) is 11.3 Å². The van der Waals surface area contributed by atoms with E-state index in [1.54, 1.807) is 22.4 Å². The first-order valence-corrected chi connectivity index (χ1v) is 11.0. The van der Waals surface area contributed by atoms with E-state index in [0.29, 0.717) is 43.3 Å². The first kappa shape index (κ1) is 23.1. The van der Waals surface area contributed by atoms with Gasteiger partial charge in [-0.3, -0.25) is 9.59 Å². The van der Waals surface area contributed by atoms with Crippen LogP contribution in [0.5, 0.6) is 0 Å². The quantitative estimate of drug-likeness (QED) is 0.749. The van der Waals surface area contributed by atoms with Crippen molar-refractivity contribution >= 4 is 29.0 Å². The molecule has 1 atom stereocenters. The molecule has 10 heteroatoms. The van der Waals surface area contributed by atoms with Crippen molar-refractivity contribution in [1.29, 1.82) is 0 Å². The lowest BCUT2D eigenvalue weighted by Crippen LogP contribution is -2.52. The molecule has 0 bridgehead atoms. The Hall–Kier alpha value is -2.62. The van der Waals surface area contributed by atoms with Gasteiger partial charge >= 0.3 is 6.18 Å². The number of halogens is 3. The Kier molecular flexibility index (Phi) is 7.19. The fourth-order valence-electron chi connectivity index (χ4n) is 3.44. The molecule has 1 fully saturated rings. The van der Waals surface area contributed by atoms with E-state index in [9.17, 15) is 22.8 Å². The Morgan fingerprint density at radius 2 is 1.90 bits per heavy atom. The molecule has 0 radical (unpaired) electrons. The molecular formula is C21H25F3N4O2S. The van der Waals surface area contributed by atoms with E-state index in [-0.39, 0.29) is 17.7 Å². The van der Waals surface area contributed by atoms with Gasteiger partial charge in [-0.25, -0.2) is 4.98 Å². The SMILES string of the molecule is CC(C)[C@@H](NC(=O)c1cccs1)C(=O)N1CCCN(c2ccc(C(F)(F)F)cn2)CC1. The van der Waals surface area contributed by atoms with Crippen LogP contribution >= 0.6 is 11.3 Å². The minimum absolute atomic E-state index is 0.0904. The molecule has 1 aliphatic rings. The smallest absolute Gasteiger partial charge is 0.355 e. The molecule has 6 nitrogen and oxygen atoms in total. The summed E-state index contributed by atoms with van der Waals surface area (Å²) in [5.41, 5.74) is -0.788. The first-order chi connectivity index (χ1) is 14.7. The maximum Gasteiger partial charge on any atom is 0.417 e. The van der Waals surface area contributed by atoms with Gasteiger partial charge in [-0.2, -0.15) is 13.2 Å². The molecule has 3 heterocycles. The Morgan fingerprint density at radius 3 is 2.48 bits per heavy atom. The molecule has 1 aliphatic heterocycles. The van der Waals surface area contributed by atoms with Crippen molar-refractivity contribution in [3.8, 4) is 0 Å². The second kappa shape index (κ2) is 9.67. The molecule has 0 spiro atoms. The molecule has 1 saturated heterocycles. The number of aromatic nitrogens is 1. The van der Waals surface area contributed by atoms with Crippen LogP contribution in [-0.2, 0) is 11.0 Å². The largest absolute Gasteiger partial charge is 0.417 e. The number of amides is 2. The van der Waals surface area contributed by atoms with Crippen LogP contribution in [0.15, 0.2) is 35.8 Å². The third-order valence-corrected chi connectivity index (χ3v) is 6.04. The first-order valence-electron chi connectivity index (χ1n) is 10.1. The molecule has 0 aromatic carbocycles. The van der Waals surface area contributed by atoms with Crippen LogP contribution in [0.4, 0.5) is 19.0 Å². The predicted molar refractivity (Wildman–Crippen MR) is 113 cm³/mol. The van der Waals surface area contributed by atoms with E-state index < -0.39 is 17.8 Å². The predicted octanol–water partition coefficient (Wildman–Crippen LogP) is 3.66. The molecule has 168 valence electrons. The lowest BCUT2D eigenvalue weighted by Gasteiger charge is -2.29. The van der Waals surface area contributed by atoms with Crippen LogP contribution in [0.1, 0.15) is 35.5 Å². The topological polar surface area (TPSA) is 65.5 Å². The highest BCUT2D eigenvalue weighted by atomic mass is 32.1. The number of pyridine rings is 1. The van der Waals surface area contributed by atoms with Crippen molar-refractivity contribution in [3.05, 3.63) is 46.3 Å². The Morgan fingerprint density at radius 1 is 1.13 bits per heavy atom. The molecule has 31 heavy (non-hydrogen) atoms. The van der Waals surface area contributed by atoms with Gasteiger partial charge in [0.15, 0.2) is 0 Å². The van der Waals surface area contributed by atoms with E-state index in [2.05, 4.69) is 10.3 Å². The van der Waals surface area contributed by atoms with Gasteiger partial charge < -0.3 is 15.1 Å². The zero-order valence-electron chi connectivity index (χ0n) is 17.4. The number of carbonyl (C=O) groups excluding carboxylic acids is 2. The summed E-state index contributed by atoms with van der Waals surface area (Å²) in [4.78, 5) is 33.7. The average molecular weight is 455 g/mol. The van der Waals surface area contributed by atoms with Gasteiger partial charge in [0.1, 0.15) is 11.9 Å². The molecule has 2 amide bonds. The number of nitrogens with one attached hydrogen (secondary N) is 1. The van der Waals surface area contributed by atoms with E-state index in [1.807, 2.05) is 18.7 Å². The number of nitrogens with zero attached hydrogens (tertiary/aromatic N) is 3. The van der Waals surface area contributed by atoms with Crippen LogP contribution < -0.4 is 10.2 Å². The van der Waals surface area contributed by atoms with E-state index >= 15 is 0 Å². The monoisotopic (exact) mass is 454 g/mol. The molecule has 2 aromatic heterocycles. The summed E-state index contributed by atoms with van der Waals surface area (Å²) in [5, 5.41) is 4.65. The number of alkyl halides is 3. The zero-order chi connectivity index (χ0) is 22.6. The molecule has 2 aromatic rings. The van der Waals surface area contributed by atoms with Gasteiger partial charge in [-0.05, 0) is 35.9 Å². The third kappa shape index (κ3) is 5.75. The van der Waals surface area contributed by atoms with Gasteiger partial charge in [0, 0.05) is 32.4 Å². The fraction of sp³-hybridized carbons (Fsp3) is 0.476. The average Bonchev–Trinajstić information content (AvgIpc) is 3.15. The van der Waals surface area contributed by atoms with Crippen molar-refractivity contribution in [1.82, 2.24) is 15.2 Å². The normalized spacial score (nSPS) is 16.2. The van der Waals surface area contributed by atoms with E-state index in [1.165, 1.54) is 17.4 Å². The number of rotatable bonds is 5. The highest BCUT2D eigenvalue weighted by Crippen LogP contribution is 2.29. The summed E-state index contributed by atoms with van der Waals surface area (Å²) in [7, 11) is 0. The maximum atomic E-state index is 13.2. The van der Waals surface area contributed by atoms with Gasteiger partial charge in [0.25, 0.3) is 5.91 Å². The van der Waals surface area contributed by atoms with Gasteiger partial charge in [0.2, 0.25) is 5.91 Å². The van der Waals surface area contributed by atoms with Gasteiger partial charge in [-0.1, -0.05) is 19.9 Å². The summed E-state index contributed by atoms with van der Waals surface area (Å²) in [6, 6.07) is 5.22. The zero-order valence-corrected chi connectivity index (χ0v) is 18.2. The second-order valence-electron chi connectivity index (χ2n) is 7.74. The Labute approximate surface area is 183 Å². The van der Waals surface area contributed by atoms with Crippen molar-refractivity contribution < 1.29 is 22.8 Å². The summed E-state index contributed by atoms with van der Waals surface area (Å²) >= 11 is 1.31. The minimum atomic E-state index is -4.42. The van der Waals surface area contributed by atoms with Crippen molar-refractivity contribution in [2.45, 2.75) is 32.5 Å².